The van der Waals surface area contributed by atoms with E-state index in [-0.39, 0.29) is 6.04 Å². The summed E-state index contributed by atoms with van der Waals surface area (Å²) >= 11 is 3.60. The van der Waals surface area contributed by atoms with Gasteiger partial charge in [0.05, 0.1) is 12.6 Å². The summed E-state index contributed by atoms with van der Waals surface area (Å²) in [6, 6.07) is 14.9. The first kappa shape index (κ1) is 15.1. The second-order valence-corrected chi connectivity index (χ2v) is 5.59. The minimum atomic E-state index is 0.183. The molecule has 0 fully saturated rings. The zero-order valence-electron chi connectivity index (χ0n) is 12.1. The molecule has 1 atom stereocenters. The van der Waals surface area contributed by atoms with Crippen LogP contribution in [0.3, 0.4) is 0 Å². The lowest BCUT2D eigenvalue weighted by atomic mass is 9.98. The molecule has 106 valence electrons. The molecule has 0 aliphatic rings. The third-order valence-electron chi connectivity index (χ3n) is 3.34. The molecule has 1 unspecified atom stereocenters. The molecule has 0 aliphatic heterocycles. The monoisotopic (exact) mass is 333 g/mol. The highest BCUT2D eigenvalue weighted by Crippen LogP contribution is 2.27. The smallest absolute Gasteiger partial charge is 0.119 e. The van der Waals surface area contributed by atoms with Gasteiger partial charge in [-0.05, 0) is 55.8 Å². The van der Waals surface area contributed by atoms with Crippen LogP contribution in [-0.2, 0) is 0 Å². The topological polar surface area (TPSA) is 21.3 Å². The van der Waals surface area contributed by atoms with E-state index in [1.807, 2.05) is 26.1 Å². The van der Waals surface area contributed by atoms with Crippen LogP contribution in [0, 0.1) is 6.92 Å². The number of aryl methyl sites for hydroxylation is 1. The molecule has 1 N–H and O–H groups in total. The molecule has 2 aromatic carbocycles. The fourth-order valence-corrected chi connectivity index (χ4v) is 2.63. The molecule has 0 spiro atoms. The molecular formula is C17H20BrNO. The Bertz CT molecular complexity index is 566. The molecule has 0 aromatic heterocycles. The Hall–Kier alpha value is -1.32. The summed E-state index contributed by atoms with van der Waals surface area (Å²) in [6.07, 6.45) is 0. The van der Waals surface area contributed by atoms with Crippen molar-refractivity contribution in [2.45, 2.75) is 19.9 Å². The molecule has 2 rings (SSSR count). The standard InChI is InChI=1S/C17H20BrNO/c1-4-20-15-9-7-13(8-10-15)17(19-3)14-6-5-12(2)16(18)11-14/h5-11,17,19H,4H2,1-3H3. The predicted molar refractivity (Wildman–Crippen MR) is 87.4 cm³/mol. The number of rotatable bonds is 5. The highest BCUT2D eigenvalue weighted by Gasteiger charge is 2.12. The molecule has 0 saturated carbocycles. The van der Waals surface area contributed by atoms with Gasteiger partial charge in [-0.15, -0.1) is 0 Å². The number of nitrogens with one attached hydrogen (secondary N) is 1. The van der Waals surface area contributed by atoms with Crippen LogP contribution >= 0.6 is 15.9 Å². The fourth-order valence-electron chi connectivity index (χ4n) is 2.24. The molecule has 2 aromatic rings. The summed E-state index contributed by atoms with van der Waals surface area (Å²) in [4.78, 5) is 0. The normalized spacial score (nSPS) is 12.2. The SMILES string of the molecule is CCOc1ccc(C(NC)c2ccc(C)c(Br)c2)cc1. The van der Waals surface area contributed by atoms with Gasteiger partial charge in [-0.2, -0.15) is 0 Å². The van der Waals surface area contributed by atoms with Crippen LogP contribution in [0.4, 0.5) is 0 Å². The summed E-state index contributed by atoms with van der Waals surface area (Å²) in [6.45, 7) is 4.78. The number of benzene rings is 2. The maximum Gasteiger partial charge on any atom is 0.119 e. The van der Waals surface area contributed by atoms with E-state index < -0.39 is 0 Å². The Morgan fingerprint density at radius 1 is 1.10 bits per heavy atom. The van der Waals surface area contributed by atoms with Crippen molar-refractivity contribution >= 4 is 15.9 Å². The average Bonchev–Trinajstić information content (AvgIpc) is 2.46. The van der Waals surface area contributed by atoms with E-state index >= 15 is 0 Å². The van der Waals surface area contributed by atoms with Crippen LogP contribution in [0.15, 0.2) is 46.9 Å². The quantitative estimate of drug-likeness (QED) is 0.871. The molecular weight excluding hydrogens is 314 g/mol. The Morgan fingerprint density at radius 2 is 1.75 bits per heavy atom. The lowest BCUT2D eigenvalue weighted by molar-refractivity contribution is 0.340. The van der Waals surface area contributed by atoms with Gasteiger partial charge in [0.2, 0.25) is 0 Å². The van der Waals surface area contributed by atoms with E-state index in [1.54, 1.807) is 0 Å². The summed E-state index contributed by atoms with van der Waals surface area (Å²) in [5.74, 6) is 0.913. The molecule has 0 heterocycles. The first-order valence-corrected chi connectivity index (χ1v) is 7.61. The van der Waals surface area contributed by atoms with Gasteiger partial charge in [-0.25, -0.2) is 0 Å². The molecule has 0 radical (unpaired) electrons. The van der Waals surface area contributed by atoms with Crippen molar-refractivity contribution in [3.8, 4) is 5.75 Å². The number of ether oxygens (including phenoxy) is 1. The molecule has 0 amide bonds. The van der Waals surface area contributed by atoms with E-state index in [2.05, 4.69) is 58.5 Å². The number of hydrogen-bond acceptors (Lipinski definition) is 2. The van der Waals surface area contributed by atoms with Crippen LogP contribution in [0.5, 0.6) is 5.75 Å². The first-order valence-electron chi connectivity index (χ1n) is 6.81. The molecule has 3 heteroatoms. The Kier molecular flexibility index (Phi) is 5.21. The van der Waals surface area contributed by atoms with E-state index in [4.69, 9.17) is 4.74 Å². The van der Waals surface area contributed by atoms with Gasteiger partial charge >= 0.3 is 0 Å². The fraction of sp³-hybridized carbons (Fsp3) is 0.294. The molecule has 20 heavy (non-hydrogen) atoms. The summed E-state index contributed by atoms with van der Waals surface area (Å²) < 4.78 is 6.63. The van der Waals surface area contributed by atoms with Gasteiger partial charge in [-0.3, -0.25) is 0 Å². The Balaban J connectivity index is 2.29. The van der Waals surface area contributed by atoms with Crippen molar-refractivity contribution in [3.05, 3.63) is 63.6 Å². The lowest BCUT2D eigenvalue weighted by Crippen LogP contribution is -2.17. The van der Waals surface area contributed by atoms with Gasteiger partial charge in [0.1, 0.15) is 5.75 Å². The molecule has 0 saturated heterocycles. The van der Waals surface area contributed by atoms with Crippen LogP contribution in [0.25, 0.3) is 0 Å². The summed E-state index contributed by atoms with van der Waals surface area (Å²) in [5, 5.41) is 3.37. The van der Waals surface area contributed by atoms with Crippen LogP contribution in [0.2, 0.25) is 0 Å². The van der Waals surface area contributed by atoms with Crippen molar-refractivity contribution in [2.75, 3.05) is 13.7 Å². The van der Waals surface area contributed by atoms with Crippen molar-refractivity contribution in [1.82, 2.24) is 5.32 Å². The molecule has 0 aliphatic carbocycles. The van der Waals surface area contributed by atoms with Gasteiger partial charge in [0.15, 0.2) is 0 Å². The van der Waals surface area contributed by atoms with E-state index in [0.717, 1.165) is 10.2 Å². The second-order valence-electron chi connectivity index (χ2n) is 4.73. The molecule has 0 bridgehead atoms. The van der Waals surface area contributed by atoms with Crippen molar-refractivity contribution in [3.63, 3.8) is 0 Å². The highest BCUT2D eigenvalue weighted by atomic mass is 79.9. The highest BCUT2D eigenvalue weighted by molar-refractivity contribution is 9.10. The lowest BCUT2D eigenvalue weighted by Gasteiger charge is -2.18. The molecule has 2 nitrogen and oxygen atoms in total. The zero-order chi connectivity index (χ0) is 14.5. The zero-order valence-corrected chi connectivity index (χ0v) is 13.7. The van der Waals surface area contributed by atoms with Crippen molar-refractivity contribution < 1.29 is 4.74 Å². The number of hydrogen-bond donors (Lipinski definition) is 1. The minimum Gasteiger partial charge on any atom is -0.494 e. The third kappa shape index (κ3) is 3.41. The van der Waals surface area contributed by atoms with Crippen LogP contribution in [-0.4, -0.2) is 13.7 Å². The Labute approximate surface area is 129 Å². The minimum absolute atomic E-state index is 0.183. The summed E-state index contributed by atoms with van der Waals surface area (Å²) in [5.41, 5.74) is 3.72. The Morgan fingerprint density at radius 3 is 2.30 bits per heavy atom. The second kappa shape index (κ2) is 6.91. The number of halogens is 1. The first-order chi connectivity index (χ1) is 9.65. The average molecular weight is 334 g/mol. The van der Waals surface area contributed by atoms with Crippen LogP contribution in [0.1, 0.15) is 29.7 Å². The van der Waals surface area contributed by atoms with Crippen LogP contribution < -0.4 is 10.1 Å². The van der Waals surface area contributed by atoms with E-state index in [1.165, 1.54) is 16.7 Å². The summed E-state index contributed by atoms with van der Waals surface area (Å²) in [7, 11) is 1.98. The van der Waals surface area contributed by atoms with E-state index in [9.17, 15) is 0 Å². The maximum atomic E-state index is 5.49. The maximum absolute atomic E-state index is 5.49. The van der Waals surface area contributed by atoms with Gasteiger partial charge in [0, 0.05) is 4.47 Å². The predicted octanol–water partition coefficient (Wildman–Crippen LogP) is 4.47. The largest absolute Gasteiger partial charge is 0.494 e. The van der Waals surface area contributed by atoms with Crippen molar-refractivity contribution in [1.29, 1.82) is 0 Å². The van der Waals surface area contributed by atoms with Gasteiger partial charge in [0.25, 0.3) is 0 Å². The van der Waals surface area contributed by atoms with Gasteiger partial charge in [-0.1, -0.05) is 40.2 Å². The van der Waals surface area contributed by atoms with E-state index in [0.29, 0.717) is 6.61 Å². The third-order valence-corrected chi connectivity index (χ3v) is 4.20. The van der Waals surface area contributed by atoms with Crippen molar-refractivity contribution in [2.24, 2.45) is 0 Å². The van der Waals surface area contributed by atoms with Gasteiger partial charge < -0.3 is 10.1 Å².